The van der Waals surface area contributed by atoms with E-state index in [2.05, 4.69) is 15.2 Å². The molecule has 2 N–H and O–H groups in total. The van der Waals surface area contributed by atoms with E-state index >= 15 is 0 Å². The Kier molecular flexibility index (Phi) is 9.12. The quantitative estimate of drug-likeness (QED) is 0.348. The molecule has 1 saturated carbocycles. The number of rotatable bonds is 9. The number of nitrogens with zero attached hydrogens (tertiary/aromatic N) is 2. The summed E-state index contributed by atoms with van der Waals surface area (Å²) < 4.78 is 32.9. The first-order valence-corrected chi connectivity index (χ1v) is 16.0. The molecule has 1 aliphatic carbocycles. The van der Waals surface area contributed by atoms with Gasteiger partial charge in [0, 0.05) is 28.9 Å². The van der Waals surface area contributed by atoms with Gasteiger partial charge in [-0.3, -0.25) is 19.4 Å². The maximum Gasteiger partial charge on any atom is 0.255 e. The van der Waals surface area contributed by atoms with Crippen LogP contribution < -0.4 is 14.9 Å². The summed E-state index contributed by atoms with van der Waals surface area (Å²) in [6.45, 7) is 0.0432. The second-order valence-electron chi connectivity index (χ2n) is 10.6. The normalized spacial score (nSPS) is 22.4. The minimum atomic E-state index is -3.57. The number of sulfonamides is 1. The maximum absolute atomic E-state index is 14.4. The number of hydrogen-bond acceptors (Lipinski definition) is 7. The summed E-state index contributed by atoms with van der Waals surface area (Å²) in [7, 11) is -2.05. The highest BCUT2D eigenvalue weighted by molar-refractivity contribution is 7.88. The number of carbonyl (C=O) groups excluding carboxylic acids is 2. The van der Waals surface area contributed by atoms with Crippen molar-refractivity contribution in [2.45, 2.75) is 56.3 Å². The third-order valence-corrected chi connectivity index (χ3v) is 8.72. The summed E-state index contributed by atoms with van der Waals surface area (Å²) in [6, 6.07) is 15.6. The van der Waals surface area contributed by atoms with Crippen molar-refractivity contribution in [2.24, 2.45) is 0 Å². The number of aromatic nitrogens is 1. The van der Waals surface area contributed by atoms with Crippen LogP contribution in [0.5, 0.6) is 5.75 Å². The van der Waals surface area contributed by atoms with Crippen molar-refractivity contribution in [1.82, 2.24) is 20.1 Å². The number of methoxy groups -OCH3 is 1. The summed E-state index contributed by atoms with van der Waals surface area (Å²) in [6.07, 6.45) is 5.51. The molecular formula is C30H33ClN4O6S. The van der Waals surface area contributed by atoms with Crippen molar-refractivity contribution < 1.29 is 27.6 Å². The van der Waals surface area contributed by atoms with Crippen LogP contribution in [0.3, 0.4) is 0 Å². The lowest BCUT2D eigenvalue weighted by atomic mass is 9.76. The van der Waals surface area contributed by atoms with Crippen LogP contribution in [0.4, 0.5) is 0 Å². The van der Waals surface area contributed by atoms with Gasteiger partial charge in [-0.15, -0.1) is 0 Å². The molecule has 0 bridgehead atoms. The lowest BCUT2D eigenvalue weighted by molar-refractivity contribution is -0.138. The lowest BCUT2D eigenvalue weighted by Crippen LogP contribution is -2.59. The summed E-state index contributed by atoms with van der Waals surface area (Å²) in [5.41, 5.74) is 4.72. The van der Waals surface area contributed by atoms with Crippen molar-refractivity contribution in [1.29, 1.82) is 0 Å². The highest BCUT2D eigenvalue weighted by Crippen LogP contribution is 2.47. The van der Waals surface area contributed by atoms with Gasteiger partial charge in [-0.05, 0) is 66.4 Å². The molecule has 3 aromatic rings. The fraction of sp³-hybridized carbons (Fsp3) is 0.367. The minimum absolute atomic E-state index is 0.0432. The number of amides is 2. The third-order valence-electron chi connectivity index (χ3n) is 7.74. The molecule has 2 aromatic carbocycles. The van der Waals surface area contributed by atoms with Crippen LogP contribution in [0.2, 0.25) is 5.02 Å². The van der Waals surface area contributed by atoms with Crippen LogP contribution in [0.15, 0.2) is 66.9 Å². The molecule has 42 heavy (non-hydrogen) atoms. The number of nitrogens with one attached hydrogen (secondary N) is 2. The zero-order chi connectivity index (χ0) is 29.9. The van der Waals surface area contributed by atoms with E-state index < -0.39 is 40.0 Å². The van der Waals surface area contributed by atoms with Gasteiger partial charge >= 0.3 is 0 Å². The Morgan fingerprint density at radius 1 is 1.10 bits per heavy atom. The molecule has 5 rings (SSSR count). The molecule has 2 heterocycles. The predicted octanol–water partition coefficient (Wildman–Crippen LogP) is 4.13. The van der Waals surface area contributed by atoms with Crippen LogP contribution in [-0.4, -0.2) is 55.6 Å². The van der Waals surface area contributed by atoms with Crippen molar-refractivity contribution in [3.05, 3.63) is 94.3 Å². The number of ether oxygens (including phenoxy) is 1. The lowest BCUT2D eigenvalue weighted by Gasteiger charge is -2.49. The zero-order valence-electron chi connectivity index (χ0n) is 23.3. The second kappa shape index (κ2) is 12.8. The number of halogens is 1. The Balaban J connectivity index is 1.61. The van der Waals surface area contributed by atoms with Crippen molar-refractivity contribution >= 4 is 33.4 Å². The summed E-state index contributed by atoms with van der Waals surface area (Å²) in [5.74, 6) is -1.19. The van der Waals surface area contributed by atoms with E-state index in [0.29, 0.717) is 46.0 Å². The fourth-order valence-electron chi connectivity index (χ4n) is 5.96. The summed E-state index contributed by atoms with van der Waals surface area (Å²) in [5, 5.41) is 0.503. The van der Waals surface area contributed by atoms with Crippen molar-refractivity contribution in [2.75, 3.05) is 13.4 Å². The molecule has 2 amide bonds. The van der Waals surface area contributed by atoms with Gasteiger partial charge in [0.25, 0.3) is 11.8 Å². The van der Waals surface area contributed by atoms with Gasteiger partial charge in [-0.2, -0.15) is 0 Å². The topological polar surface area (TPSA) is 127 Å². The van der Waals surface area contributed by atoms with Crippen LogP contribution in [0.25, 0.3) is 0 Å². The van der Waals surface area contributed by atoms with E-state index in [1.54, 1.807) is 65.7 Å². The molecule has 0 spiro atoms. The Labute approximate surface area is 250 Å². The van der Waals surface area contributed by atoms with Gasteiger partial charge < -0.3 is 9.64 Å². The van der Waals surface area contributed by atoms with Crippen molar-refractivity contribution in [3.8, 4) is 5.75 Å². The molecule has 2 aliphatic rings. The van der Waals surface area contributed by atoms with E-state index in [4.69, 9.17) is 21.2 Å². The van der Waals surface area contributed by atoms with Crippen LogP contribution >= 0.6 is 11.6 Å². The maximum atomic E-state index is 14.4. The molecule has 0 unspecified atom stereocenters. The molecule has 1 aromatic heterocycles. The molecule has 1 aliphatic heterocycles. The number of benzene rings is 2. The number of carbonyl (C=O) groups is 2. The number of hydroxylamine groups is 1. The molecule has 0 saturated heterocycles. The predicted molar refractivity (Wildman–Crippen MR) is 157 cm³/mol. The highest BCUT2D eigenvalue weighted by Gasteiger charge is 2.49. The molecular weight excluding hydrogens is 580 g/mol. The fourth-order valence-corrected chi connectivity index (χ4v) is 6.91. The Morgan fingerprint density at radius 3 is 2.55 bits per heavy atom. The summed E-state index contributed by atoms with van der Waals surface area (Å²) in [4.78, 5) is 39.9. The van der Waals surface area contributed by atoms with E-state index in [1.165, 1.54) is 7.11 Å². The van der Waals surface area contributed by atoms with Crippen molar-refractivity contribution in [3.63, 3.8) is 0 Å². The monoisotopic (exact) mass is 612 g/mol. The van der Waals surface area contributed by atoms with E-state index in [0.717, 1.165) is 19.1 Å². The zero-order valence-corrected chi connectivity index (χ0v) is 24.9. The largest absolute Gasteiger partial charge is 0.497 e. The molecule has 222 valence electrons. The Bertz CT molecular complexity index is 1540. The molecule has 1 fully saturated rings. The van der Waals surface area contributed by atoms with E-state index in [1.807, 2.05) is 6.07 Å². The Hall–Kier alpha value is -3.51. The van der Waals surface area contributed by atoms with Gasteiger partial charge in [0.1, 0.15) is 12.4 Å². The van der Waals surface area contributed by atoms with E-state index in [9.17, 15) is 18.0 Å². The molecule has 10 nitrogen and oxygen atoms in total. The SMILES string of the molecule is COc1ccc2c(c1)[C@@H](C(=O)NOCc1ccccn1)[C@H](c1ccc(Cl)cc1)N([C@H]1CCCC[C@@H]1NS(C)(=O)=O)C2=O. The van der Waals surface area contributed by atoms with Crippen LogP contribution in [0, 0.1) is 0 Å². The van der Waals surface area contributed by atoms with Gasteiger partial charge in [-0.25, -0.2) is 18.6 Å². The molecule has 0 radical (unpaired) electrons. The minimum Gasteiger partial charge on any atom is -0.497 e. The summed E-state index contributed by atoms with van der Waals surface area (Å²) >= 11 is 6.23. The number of hydrogen-bond donors (Lipinski definition) is 2. The standard InChI is InChI=1S/C30H33ClN4O6S/c1-40-22-14-15-23-24(17-22)27(29(36)33-41-18-21-7-5-6-16-32-21)28(19-10-12-20(31)13-11-19)35(30(23)37)26-9-4-3-8-25(26)34-42(2,38)39/h5-7,10-17,25-28,34H,3-4,8-9,18H2,1-2H3,(H,33,36)/t25-,26-,27+,28-/m0/s1. The van der Waals surface area contributed by atoms with Gasteiger partial charge in [0.05, 0.1) is 31.0 Å². The first-order valence-electron chi connectivity index (χ1n) is 13.7. The first-order chi connectivity index (χ1) is 20.2. The molecule has 4 atom stereocenters. The first kappa shape index (κ1) is 30.0. The highest BCUT2D eigenvalue weighted by atomic mass is 35.5. The van der Waals surface area contributed by atoms with Crippen LogP contribution in [0.1, 0.15) is 64.8 Å². The smallest absolute Gasteiger partial charge is 0.255 e. The molecule has 12 heteroatoms. The second-order valence-corrected chi connectivity index (χ2v) is 12.8. The average Bonchev–Trinajstić information content (AvgIpc) is 2.97. The number of pyridine rings is 1. The van der Waals surface area contributed by atoms with Gasteiger partial charge in [0.2, 0.25) is 10.0 Å². The average molecular weight is 613 g/mol. The Morgan fingerprint density at radius 2 is 1.86 bits per heavy atom. The van der Waals surface area contributed by atoms with Gasteiger partial charge in [0.15, 0.2) is 0 Å². The number of fused-ring (bicyclic) bond motifs is 1. The van der Waals surface area contributed by atoms with Crippen LogP contribution in [-0.2, 0) is 26.3 Å². The van der Waals surface area contributed by atoms with Gasteiger partial charge in [-0.1, -0.05) is 42.6 Å². The van der Waals surface area contributed by atoms with E-state index in [-0.39, 0.29) is 12.5 Å². The third kappa shape index (κ3) is 6.59.